The first-order valence-electron chi connectivity index (χ1n) is 9.96. The van der Waals surface area contributed by atoms with Crippen LogP contribution in [0.25, 0.3) is 0 Å². The topological polar surface area (TPSA) is 111 Å². The Morgan fingerprint density at radius 3 is 2.57 bits per heavy atom. The van der Waals surface area contributed by atoms with Gasteiger partial charge in [0.25, 0.3) is 5.91 Å². The molecule has 7 nitrogen and oxygen atoms in total. The van der Waals surface area contributed by atoms with E-state index in [0.29, 0.717) is 5.56 Å². The molecule has 0 aromatic heterocycles. The third-order valence-corrected chi connectivity index (χ3v) is 7.05. The number of hydrogen-bond acceptors (Lipinski definition) is 5. The van der Waals surface area contributed by atoms with Gasteiger partial charge < -0.3 is 10.6 Å². The lowest BCUT2D eigenvalue weighted by Crippen LogP contribution is -2.42. The van der Waals surface area contributed by atoms with Gasteiger partial charge in [-0.1, -0.05) is 18.2 Å². The predicted molar refractivity (Wildman–Crippen MR) is 116 cm³/mol. The lowest BCUT2D eigenvalue weighted by Gasteiger charge is -2.28. The van der Waals surface area contributed by atoms with Gasteiger partial charge in [-0.05, 0) is 75.5 Å². The number of carbonyl (C=O) groups is 1. The fourth-order valence-electron chi connectivity index (χ4n) is 3.66. The van der Waals surface area contributed by atoms with Gasteiger partial charge in [0, 0.05) is 11.6 Å². The fraction of sp³-hybridized carbons (Fsp3) is 0.364. The Labute approximate surface area is 177 Å². The van der Waals surface area contributed by atoms with Crippen molar-refractivity contribution in [3.05, 3.63) is 59.2 Å². The van der Waals surface area contributed by atoms with Crippen LogP contribution >= 0.6 is 0 Å². The molecule has 1 amide bonds. The van der Waals surface area contributed by atoms with Crippen molar-refractivity contribution >= 4 is 21.6 Å². The van der Waals surface area contributed by atoms with Crippen molar-refractivity contribution in [1.29, 1.82) is 5.26 Å². The molecule has 158 valence electrons. The first-order valence-corrected chi connectivity index (χ1v) is 11.4. The number of nitriles is 1. The van der Waals surface area contributed by atoms with E-state index in [1.54, 1.807) is 12.1 Å². The molecular weight excluding hydrogens is 400 g/mol. The second kappa shape index (κ2) is 9.39. The Hall–Kier alpha value is -2.73. The van der Waals surface area contributed by atoms with Crippen LogP contribution in [0.3, 0.4) is 0 Å². The molecule has 1 aliphatic heterocycles. The summed E-state index contributed by atoms with van der Waals surface area (Å²) in [4.78, 5) is 12.6. The number of nitrogens with zero attached hydrogens (tertiary/aromatic N) is 1. The maximum Gasteiger partial charge on any atom is 0.255 e. The molecule has 0 radical (unpaired) electrons. The van der Waals surface area contributed by atoms with Crippen molar-refractivity contribution in [3.8, 4) is 6.07 Å². The highest BCUT2D eigenvalue weighted by Gasteiger charge is 2.25. The lowest BCUT2D eigenvalue weighted by molar-refractivity contribution is 0.102. The number of rotatable bonds is 6. The van der Waals surface area contributed by atoms with Crippen molar-refractivity contribution in [2.45, 2.75) is 37.6 Å². The average Bonchev–Trinajstić information content (AvgIpc) is 2.74. The molecule has 30 heavy (non-hydrogen) atoms. The van der Waals surface area contributed by atoms with Crippen LogP contribution in [0.5, 0.6) is 0 Å². The second-order valence-corrected chi connectivity index (χ2v) is 9.30. The SMILES string of the molecule is Cc1ccccc1C(=O)Nc1ccc(S(=O)(=O)NC(C)C2CCNCC2)cc1C#N. The summed E-state index contributed by atoms with van der Waals surface area (Å²) in [5.74, 6) is -0.0815. The molecule has 0 spiro atoms. The molecule has 8 heteroatoms. The van der Waals surface area contributed by atoms with Crippen molar-refractivity contribution in [2.24, 2.45) is 5.92 Å². The summed E-state index contributed by atoms with van der Waals surface area (Å²) < 4.78 is 28.4. The number of carbonyl (C=O) groups excluding carboxylic acids is 1. The van der Waals surface area contributed by atoms with Gasteiger partial charge in [0.15, 0.2) is 0 Å². The Balaban J connectivity index is 1.78. The monoisotopic (exact) mass is 426 g/mol. The van der Waals surface area contributed by atoms with Gasteiger partial charge in [0.2, 0.25) is 10.0 Å². The van der Waals surface area contributed by atoms with Crippen LogP contribution in [-0.4, -0.2) is 33.5 Å². The number of sulfonamides is 1. The zero-order valence-electron chi connectivity index (χ0n) is 17.1. The van der Waals surface area contributed by atoms with Crippen molar-refractivity contribution < 1.29 is 13.2 Å². The molecule has 1 fully saturated rings. The molecule has 0 saturated carbocycles. The highest BCUT2D eigenvalue weighted by atomic mass is 32.2. The minimum atomic E-state index is -3.78. The van der Waals surface area contributed by atoms with Gasteiger partial charge in [-0.15, -0.1) is 0 Å². The van der Waals surface area contributed by atoms with Gasteiger partial charge in [0.1, 0.15) is 6.07 Å². The highest BCUT2D eigenvalue weighted by Crippen LogP contribution is 2.23. The van der Waals surface area contributed by atoms with E-state index in [2.05, 4.69) is 15.4 Å². The Morgan fingerprint density at radius 1 is 1.20 bits per heavy atom. The number of piperidine rings is 1. The predicted octanol–water partition coefficient (Wildman–Crippen LogP) is 2.79. The normalized spacial score (nSPS) is 15.9. The van der Waals surface area contributed by atoms with E-state index in [0.717, 1.165) is 31.5 Å². The van der Waals surface area contributed by atoms with Crippen LogP contribution < -0.4 is 15.4 Å². The molecule has 1 unspecified atom stereocenters. The number of benzene rings is 2. The van der Waals surface area contributed by atoms with Crippen LogP contribution in [0.2, 0.25) is 0 Å². The molecule has 2 aromatic rings. The summed E-state index contributed by atoms with van der Waals surface area (Å²) in [7, 11) is -3.78. The molecule has 0 bridgehead atoms. The first kappa shape index (κ1) is 22.0. The van der Waals surface area contributed by atoms with Crippen LogP contribution in [-0.2, 0) is 10.0 Å². The largest absolute Gasteiger partial charge is 0.321 e. The van der Waals surface area contributed by atoms with E-state index in [1.165, 1.54) is 18.2 Å². The minimum absolute atomic E-state index is 0.00808. The first-order chi connectivity index (χ1) is 14.3. The van der Waals surface area contributed by atoms with Crippen LogP contribution in [0.15, 0.2) is 47.4 Å². The Kier molecular flexibility index (Phi) is 6.87. The fourth-order valence-corrected chi connectivity index (χ4v) is 5.00. The van der Waals surface area contributed by atoms with E-state index in [1.807, 2.05) is 32.0 Å². The quantitative estimate of drug-likeness (QED) is 0.658. The van der Waals surface area contributed by atoms with E-state index >= 15 is 0 Å². The molecule has 1 saturated heterocycles. The number of hydrogen-bond donors (Lipinski definition) is 3. The molecule has 3 rings (SSSR count). The standard InChI is InChI=1S/C22H26N4O3S/c1-15-5-3-4-6-20(15)22(27)25-21-8-7-19(13-18(21)14-23)30(28,29)26-16(2)17-9-11-24-12-10-17/h3-8,13,16-17,24,26H,9-12H2,1-2H3,(H,25,27). The van der Waals surface area contributed by atoms with E-state index in [4.69, 9.17) is 0 Å². The van der Waals surface area contributed by atoms with E-state index in [-0.39, 0.29) is 34.0 Å². The zero-order valence-corrected chi connectivity index (χ0v) is 17.9. The third-order valence-electron chi connectivity index (χ3n) is 5.49. The summed E-state index contributed by atoms with van der Waals surface area (Å²) in [6, 6.07) is 13.1. The van der Waals surface area contributed by atoms with Crippen molar-refractivity contribution in [2.75, 3.05) is 18.4 Å². The number of nitrogens with one attached hydrogen (secondary N) is 3. The van der Waals surface area contributed by atoms with Gasteiger partial charge in [-0.2, -0.15) is 5.26 Å². The summed E-state index contributed by atoms with van der Waals surface area (Å²) in [6.45, 7) is 5.45. The maximum atomic E-state index is 12.8. The maximum absolute atomic E-state index is 12.8. The smallest absolute Gasteiger partial charge is 0.255 e. The van der Waals surface area contributed by atoms with Crippen molar-refractivity contribution in [1.82, 2.24) is 10.0 Å². The molecule has 1 atom stereocenters. The second-order valence-electron chi connectivity index (χ2n) is 7.59. The van der Waals surface area contributed by atoms with E-state index in [9.17, 15) is 18.5 Å². The van der Waals surface area contributed by atoms with Crippen LogP contribution in [0.1, 0.15) is 41.3 Å². The minimum Gasteiger partial charge on any atom is -0.321 e. The summed E-state index contributed by atoms with van der Waals surface area (Å²) in [6.07, 6.45) is 1.83. The van der Waals surface area contributed by atoms with Gasteiger partial charge in [-0.3, -0.25) is 4.79 Å². The average molecular weight is 427 g/mol. The van der Waals surface area contributed by atoms with Gasteiger partial charge in [0.05, 0.1) is 16.1 Å². The molecule has 2 aromatic carbocycles. The lowest BCUT2D eigenvalue weighted by atomic mass is 9.92. The summed E-state index contributed by atoms with van der Waals surface area (Å²) in [5.41, 5.74) is 1.67. The number of amides is 1. The zero-order chi connectivity index (χ0) is 21.7. The Morgan fingerprint density at radius 2 is 1.90 bits per heavy atom. The molecule has 1 heterocycles. The number of anilines is 1. The summed E-state index contributed by atoms with van der Waals surface area (Å²) >= 11 is 0. The van der Waals surface area contributed by atoms with Crippen LogP contribution in [0, 0.1) is 24.2 Å². The number of aryl methyl sites for hydroxylation is 1. The summed E-state index contributed by atoms with van der Waals surface area (Å²) in [5, 5.41) is 15.5. The van der Waals surface area contributed by atoms with Gasteiger partial charge in [-0.25, -0.2) is 13.1 Å². The molecule has 3 N–H and O–H groups in total. The molecular formula is C22H26N4O3S. The third kappa shape index (κ3) is 5.05. The Bertz CT molecular complexity index is 1070. The van der Waals surface area contributed by atoms with Crippen molar-refractivity contribution in [3.63, 3.8) is 0 Å². The molecule has 0 aliphatic carbocycles. The van der Waals surface area contributed by atoms with E-state index < -0.39 is 10.0 Å². The molecule has 1 aliphatic rings. The highest BCUT2D eigenvalue weighted by molar-refractivity contribution is 7.89. The van der Waals surface area contributed by atoms with Gasteiger partial charge >= 0.3 is 0 Å². The van der Waals surface area contributed by atoms with Crippen LogP contribution in [0.4, 0.5) is 5.69 Å².